The van der Waals surface area contributed by atoms with Crippen molar-refractivity contribution in [2.24, 2.45) is 0 Å². The van der Waals surface area contributed by atoms with Gasteiger partial charge >= 0.3 is 5.97 Å². The Morgan fingerprint density at radius 1 is 0.420 bits per heavy atom. The number of aliphatic hydroxyl groups excluding tert-OH is 7. The van der Waals surface area contributed by atoms with Crippen molar-refractivity contribution < 1.29 is 69.0 Å². The van der Waals surface area contributed by atoms with Crippen LogP contribution < -0.4 is 0 Å². The molecule has 2 heterocycles. The fraction of sp³-hybridized carbons (Fsp3) is 0.746. The summed E-state index contributed by atoms with van der Waals surface area (Å²) >= 11 is 0. The second kappa shape index (κ2) is 52.5. The Balaban J connectivity index is 1.70. The van der Waals surface area contributed by atoms with Crippen LogP contribution in [0.4, 0.5) is 0 Å². The minimum atomic E-state index is -1.72. The maximum Gasteiger partial charge on any atom is 0.306 e. The second-order valence-electron chi connectivity index (χ2n) is 21.8. The minimum absolute atomic E-state index is 0.0479. The maximum absolute atomic E-state index is 13.1. The third-order valence-corrected chi connectivity index (χ3v) is 14.6. The number of aliphatic hydroxyl groups is 7. The highest BCUT2D eigenvalue weighted by Gasteiger charge is 2.47. The van der Waals surface area contributed by atoms with Gasteiger partial charge in [-0.25, -0.2) is 0 Å². The number of rotatable bonds is 51. The number of allylic oxidation sites excluding steroid dienone is 16. The molecular weight excluding hydrogens is 1030 g/mol. The van der Waals surface area contributed by atoms with Gasteiger partial charge in [-0.1, -0.05) is 214 Å². The molecule has 0 aromatic carbocycles. The Hall–Kier alpha value is -3.09. The lowest BCUT2D eigenvalue weighted by atomic mass is 9.98. The first-order valence-corrected chi connectivity index (χ1v) is 31.8. The lowest BCUT2D eigenvalue weighted by Crippen LogP contribution is -2.61. The fourth-order valence-electron chi connectivity index (χ4n) is 9.50. The van der Waals surface area contributed by atoms with Crippen molar-refractivity contribution in [3.05, 3.63) is 97.2 Å². The summed E-state index contributed by atoms with van der Waals surface area (Å²) in [5.74, 6) is -0.393. The molecule has 2 aliphatic heterocycles. The summed E-state index contributed by atoms with van der Waals surface area (Å²) < 4.78 is 34.5. The van der Waals surface area contributed by atoms with Gasteiger partial charge in [0.25, 0.3) is 0 Å². The van der Waals surface area contributed by atoms with Crippen molar-refractivity contribution in [1.82, 2.24) is 0 Å². The quantitative estimate of drug-likeness (QED) is 0.0172. The predicted octanol–water partition coefficient (Wildman–Crippen LogP) is 12.5. The van der Waals surface area contributed by atoms with Crippen molar-refractivity contribution in [2.45, 2.75) is 287 Å². The van der Waals surface area contributed by atoms with Crippen LogP contribution in [-0.4, -0.2) is 142 Å². The first kappa shape index (κ1) is 74.0. The molecule has 11 unspecified atom stereocenters. The molecule has 14 heteroatoms. The third-order valence-electron chi connectivity index (χ3n) is 14.6. The molecule has 14 nitrogen and oxygen atoms in total. The van der Waals surface area contributed by atoms with Crippen molar-refractivity contribution >= 4 is 5.97 Å². The molecular formula is C67H114O14. The van der Waals surface area contributed by atoms with Crippen molar-refractivity contribution in [3.8, 4) is 0 Å². The number of hydrogen-bond donors (Lipinski definition) is 7. The van der Waals surface area contributed by atoms with Gasteiger partial charge in [-0.2, -0.15) is 0 Å². The summed E-state index contributed by atoms with van der Waals surface area (Å²) in [7, 11) is 0. The molecule has 0 spiro atoms. The van der Waals surface area contributed by atoms with Crippen molar-refractivity contribution in [1.29, 1.82) is 0 Å². The zero-order chi connectivity index (χ0) is 58.6. The molecule has 0 aliphatic carbocycles. The molecule has 2 aliphatic rings. The fourth-order valence-corrected chi connectivity index (χ4v) is 9.50. The van der Waals surface area contributed by atoms with E-state index in [1.165, 1.54) is 89.9 Å². The van der Waals surface area contributed by atoms with E-state index in [1.807, 2.05) is 0 Å². The van der Waals surface area contributed by atoms with E-state index < -0.39 is 86.7 Å². The summed E-state index contributed by atoms with van der Waals surface area (Å²) in [6, 6.07) is 0. The van der Waals surface area contributed by atoms with Gasteiger partial charge in [-0.3, -0.25) is 4.79 Å². The van der Waals surface area contributed by atoms with E-state index in [4.69, 9.17) is 28.4 Å². The summed E-state index contributed by atoms with van der Waals surface area (Å²) in [5, 5.41) is 72.5. The van der Waals surface area contributed by atoms with Crippen LogP contribution in [0.5, 0.6) is 0 Å². The van der Waals surface area contributed by atoms with E-state index in [0.29, 0.717) is 13.0 Å². The van der Waals surface area contributed by atoms with Gasteiger partial charge in [0.15, 0.2) is 12.6 Å². The number of ether oxygens (including phenoxy) is 6. The van der Waals surface area contributed by atoms with Crippen LogP contribution >= 0.6 is 0 Å². The lowest BCUT2D eigenvalue weighted by Gasteiger charge is -2.42. The third kappa shape index (κ3) is 38.5. The molecule has 0 aromatic heterocycles. The highest BCUT2D eigenvalue weighted by atomic mass is 16.7. The summed E-state index contributed by atoms with van der Waals surface area (Å²) in [6.45, 7) is 3.54. The number of carbonyl (C=O) groups is 1. The largest absolute Gasteiger partial charge is 0.457 e. The SMILES string of the molecule is CC/C=C\C/C=C\C/C=C\C/C=C\C/C=C\C/C=C\CCCCCCCCC(=O)OC(COCCCCCCCCCCCC/C=C\C/C=C\CCCCCCC)COC1OC(COC2OC(CO)C(O)C(O)C2O)C(O)C(O)C1O. The van der Waals surface area contributed by atoms with Crippen LogP contribution in [0.3, 0.4) is 0 Å². The van der Waals surface area contributed by atoms with E-state index in [1.54, 1.807) is 0 Å². The summed E-state index contributed by atoms with van der Waals surface area (Å²) in [4.78, 5) is 13.1. The number of unbranched alkanes of at least 4 members (excludes halogenated alkanes) is 21. The van der Waals surface area contributed by atoms with Gasteiger partial charge in [0.05, 0.1) is 26.4 Å². The molecule has 2 fully saturated rings. The predicted molar refractivity (Wildman–Crippen MR) is 325 cm³/mol. The van der Waals surface area contributed by atoms with E-state index in [-0.39, 0.29) is 19.6 Å². The average Bonchev–Trinajstić information content (AvgIpc) is 3.46. The van der Waals surface area contributed by atoms with Gasteiger partial charge in [-0.05, 0) is 96.3 Å². The average molecular weight is 1140 g/mol. The molecule has 81 heavy (non-hydrogen) atoms. The molecule has 0 amide bonds. The Kier molecular flexibility index (Phi) is 47.9. The maximum atomic E-state index is 13.1. The van der Waals surface area contributed by atoms with Crippen LogP contribution in [0.15, 0.2) is 97.2 Å². The minimum Gasteiger partial charge on any atom is -0.457 e. The van der Waals surface area contributed by atoms with Crippen LogP contribution in [0.25, 0.3) is 0 Å². The van der Waals surface area contributed by atoms with Gasteiger partial charge in [0.2, 0.25) is 0 Å². The van der Waals surface area contributed by atoms with Crippen LogP contribution in [0, 0.1) is 0 Å². The standard InChI is InChI=1S/C67H114O14/c1-3-5-7-9-11-13-15-17-19-21-23-25-27-28-29-30-32-34-36-38-40-42-44-46-48-50-59(69)79-56(53-76-51-49-47-45-43-41-39-37-35-33-31-26-24-22-20-18-16-14-12-10-8-6-4-2)54-77-66-65(75)63(73)61(71)58(81-66)55-78-67-64(74)62(72)60(70)57(52-68)80-67/h5,7,11,13,16-19,22-25,28-29,32,34,56-58,60-68,70-75H,3-4,6,8-10,12,14-15,20-21,26-27,30-31,33,35-55H2,1-2H3/b7-5-,13-11-,18-16-,19-17-,24-22-,25-23-,29-28-,34-32-. The normalized spacial score (nSPS) is 24.4. The zero-order valence-corrected chi connectivity index (χ0v) is 50.2. The first-order valence-electron chi connectivity index (χ1n) is 31.8. The number of carbonyl (C=O) groups excluding carboxylic acids is 1. The van der Waals surface area contributed by atoms with Crippen LogP contribution in [-0.2, 0) is 33.2 Å². The zero-order valence-electron chi connectivity index (χ0n) is 50.2. The molecule has 466 valence electrons. The molecule has 2 saturated heterocycles. The molecule has 0 saturated carbocycles. The molecule has 0 bridgehead atoms. The van der Waals surface area contributed by atoms with Crippen molar-refractivity contribution in [3.63, 3.8) is 0 Å². The van der Waals surface area contributed by atoms with Crippen LogP contribution in [0.1, 0.15) is 219 Å². The Morgan fingerprint density at radius 3 is 1.26 bits per heavy atom. The van der Waals surface area contributed by atoms with E-state index >= 15 is 0 Å². The Labute approximate surface area is 490 Å². The van der Waals surface area contributed by atoms with E-state index in [2.05, 4.69) is 111 Å². The molecule has 0 radical (unpaired) electrons. The van der Waals surface area contributed by atoms with Gasteiger partial charge in [0, 0.05) is 13.0 Å². The monoisotopic (exact) mass is 1140 g/mol. The van der Waals surface area contributed by atoms with Gasteiger partial charge in [0.1, 0.15) is 54.9 Å². The Bertz CT molecular complexity index is 1710. The van der Waals surface area contributed by atoms with Gasteiger partial charge < -0.3 is 64.2 Å². The molecule has 0 aromatic rings. The number of hydrogen-bond acceptors (Lipinski definition) is 14. The first-order chi connectivity index (χ1) is 39.6. The van der Waals surface area contributed by atoms with Crippen LogP contribution in [0.2, 0.25) is 0 Å². The highest BCUT2D eigenvalue weighted by molar-refractivity contribution is 5.69. The molecule has 11 atom stereocenters. The highest BCUT2D eigenvalue weighted by Crippen LogP contribution is 2.27. The van der Waals surface area contributed by atoms with E-state index in [9.17, 15) is 40.5 Å². The Morgan fingerprint density at radius 2 is 0.802 bits per heavy atom. The second-order valence-corrected chi connectivity index (χ2v) is 21.8. The summed E-state index contributed by atoms with van der Waals surface area (Å²) in [6.07, 6.45) is 54.6. The molecule has 2 rings (SSSR count). The lowest BCUT2D eigenvalue weighted by molar-refractivity contribution is -0.332. The smallest absolute Gasteiger partial charge is 0.306 e. The number of esters is 1. The van der Waals surface area contributed by atoms with E-state index in [0.717, 1.165) is 103 Å². The van der Waals surface area contributed by atoms with Crippen molar-refractivity contribution in [2.75, 3.05) is 33.0 Å². The summed E-state index contributed by atoms with van der Waals surface area (Å²) in [5.41, 5.74) is 0. The van der Waals surface area contributed by atoms with Gasteiger partial charge in [-0.15, -0.1) is 0 Å². The topological polar surface area (TPSA) is 214 Å². The molecule has 7 N–H and O–H groups in total.